The van der Waals surface area contributed by atoms with Crippen LogP contribution in [0.2, 0.25) is 0 Å². The van der Waals surface area contributed by atoms with Crippen LogP contribution < -0.4 is 19.5 Å². The summed E-state index contributed by atoms with van der Waals surface area (Å²) in [4.78, 5) is 12.2. The summed E-state index contributed by atoms with van der Waals surface area (Å²) in [5.41, 5.74) is 0.339. The third kappa shape index (κ3) is 8.12. The lowest BCUT2D eigenvalue weighted by Gasteiger charge is -2.17. The van der Waals surface area contributed by atoms with Gasteiger partial charge in [-0.3, -0.25) is 4.79 Å². The molecule has 154 valence electrons. The second kappa shape index (κ2) is 11.8. The van der Waals surface area contributed by atoms with Crippen molar-refractivity contribution in [2.45, 2.75) is 20.1 Å². The van der Waals surface area contributed by atoms with Crippen molar-refractivity contribution in [1.82, 2.24) is 10.0 Å². The van der Waals surface area contributed by atoms with E-state index < -0.39 is 22.2 Å². The third-order valence-corrected chi connectivity index (χ3v) is 4.83. The summed E-state index contributed by atoms with van der Waals surface area (Å²) in [5, 5.41) is 2.56. The van der Waals surface area contributed by atoms with Gasteiger partial charge in [0.1, 0.15) is 0 Å². The molecule has 1 rings (SSSR count). The lowest BCUT2D eigenvalue weighted by molar-refractivity contribution is -0.130. The number of carbonyl (C=O) groups is 1. The van der Waals surface area contributed by atoms with E-state index in [1.165, 1.54) is 20.3 Å². The van der Waals surface area contributed by atoms with E-state index in [1.54, 1.807) is 26.0 Å². The Kier molecular flexibility index (Phi) is 10.1. The van der Waals surface area contributed by atoms with E-state index in [9.17, 15) is 13.2 Å². The molecule has 2 N–H and O–H groups in total. The van der Waals surface area contributed by atoms with Crippen LogP contribution in [0, 0.1) is 0 Å². The maximum Gasteiger partial charge on any atom is 0.251 e. The molecule has 0 saturated heterocycles. The number of hydrogen-bond acceptors (Lipinski definition) is 7. The van der Waals surface area contributed by atoms with Gasteiger partial charge in [-0.25, -0.2) is 13.1 Å². The fraction of sp³-hybridized carbons (Fsp3) is 0.588. The second-order valence-electron chi connectivity index (χ2n) is 5.33. The van der Waals surface area contributed by atoms with E-state index in [4.69, 9.17) is 18.9 Å². The van der Waals surface area contributed by atoms with Crippen molar-refractivity contribution in [3.05, 3.63) is 23.8 Å². The number of methoxy groups -OCH3 is 2. The Bertz CT molecular complexity index is 689. The first-order valence-corrected chi connectivity index (χ1v) is 10.2. The molecule has 0 aliphatic carbocycles. The number of ether oxygens (including phenoxy) is 4. The van der Waals surface area contributed by atoms with Gasteiger partial charge in [-0.2, -0.15) is 0 Å². The van der Waals surface area contributed by atoms with Gasteiger partial charge in [0.2, 0.25) is 10.0 Å². The first-order chi connectivity index (χ1) is 12.9. The molecule has 0 spiro atoms. The van der Waals surface area contributed by atoms with Crippen molar-refractivity contribution in [2.24, 2.45) is 0 Å². The average Bonchev–Trinajstić information content (AvgIpc) is 2.65. The maximum atomic E-state index is 12.2. The number of sulfonamides is 1. The van der Waals surface area contributed by atoms with E-state index >= 15 is 0 Å². The monoisotopic (exact) mass is 404 g/mol. The van der Waals surface area contributed by atoms with E-state index in [0.717, 1.165) is 0 Å². The molecule has 0 bridgehead atoms. The highest BCUT2D eigenvalue weighted by atomic mass is 32.2. The summed E-state index contributed by atoms with van der Waals surface area (Å²) in [5.74, 6) is 0.237. The molecule has 0 radical (unpaired) electrons. The first kappa shape index (κ1) is 23.2. The van der Waals surface area contributed by atoms with Crippen molar-refractivity contribution in [1.29, 1.82) is 0 Å². The lowest BCUT2D eigenvalue weighted by atomic mass is 10.2. The summed E-state index contributed by atoms with van der Waals surface area (Å²) in [6, 6.07) is 4.70. The van der Waals surface area contributed by atoms with Crippen LogP contribution in [0.3, 0.4) is 0 Å². The Hall–Kier alpha value is -1.88. The molecule has 9 nitrogen and oxygen atoms in total. The van der Waals surface area contributed by atoms with Gasteiger partial charge in [-0.05, 0) is 32.0 Å². The zero-order valence-electron chi connectivity index (χ0n) is 16.1. The predicted molar refractivity (Wildman–Crippen MR) is 101 cm³/mol. The average molecular weight is 404 g/mol. The fourth-order valence-corrected chi connectivity index (χ4v) is 3.09. The molecule has 0 saturated carbocycles. The van der Waals surface area contributed by atoms with Crippen molar-refractivity contribution < 1.29 is 32.2 Å². The molecule has 0 heterocycles. The van der Waals surface area contributed by atoms with Crippen molar-refractivity contribution >= 4 is 15.9 Å². The minimum Gasteiger partial charge on any atom is -0.493 e. The van der Waals surface area contributed by atoms with Gasteiger partial charge in [0.15, 0.2) is 17.8 Å². The molecule has 0 aliphatic rings. The maximum absolute atomic E-state index is 12.2. The van der Waals surface area contributed by atoms with Gasteiger partial charge in [0.05, 0.1) is 26.5 Å². The predicted octanol–water partition coefficient (Wildman–Crippen LogP) is 0.752. The van der Waals surface area contributed by atoms with Crippen LogP contribution in [0.25, 0.3) is 0 Å². The molecular formula is C17H28N2O7S. The Morgan fingerprint density at radius 2 is 1.70 bits per heavy atom. The van der Waals surface area contributed by atoms with E-state index in [-0.39, 0.29) is 18.8 Å². The number of amides is 1. The summed E-state index contributed by atoms with van der Waals surface area (Å²) in [7, 11) is -0.619. The normalized spacial score (nSPS) is 11.4. The molecule has 0 aliphatic heterocycles. The van der Waals surface area contributed by atoms with Crippen LogP contribution in [0.1, 0.15) is 24.2 Å². The molecular weight excluding hydrogens is 376 g/mol. The van der Waals surface area contributed by atoms with Gasteiger partial charge in [-0.1, -0.05) is 0 Å². The van der Waals surface area contributed by atoms with Gasteiger partial charge in [0, 0.05) is 25.3 Å². The largest absolute Gasteiger partial charge is 0.493 e. The van der Waals surface area contributed by atoms with E-state index in [2.05, 4.69) is 10.0 Å². The summed E-state index contributed by atoms with van der Waals surface area (Å²) >= 11 is 0. The molecule has 0 aromatic heterocycles. The SMILES string of the molecule is CCOC(CNS(=O)(=O)CCNC(=O)c1ccc(OC)c(OC)c1)OCC. The zero-order valence-corrected chi connectivity index (χ0v) is 16.9. The number of nitrogens with one attached hydrogen (secondary N) is 2. The Labute approximate surface area is 160 Å². The molecule has 0 fully saturated rings. The number of carbonyl (C=O) groups excluding carboxylic acids is 1. The standard InChI is InChI=1S/C17H28N2O7S/c1-5-25-16(26-6-2)12-19-27(21,22)10-9-18-17(20)13-7-8-14(23-3)15(11-13)24-4/h7-8,11,16,19H,5-6,9-10,12H2,1-4H3,(H,18,20). The van der Waals surface area contributed by atoms with Gasteiger partial charge < -0.3 is 24.3 Å². The van der Waals surface area contributed by atoms with Crippen molar-refractivity contribution in [3.63, 3.8) is 0 Å². The van der Waals surface area contributed by atoms with Crippen molar-refractivity contribution in [2.75, 3.05) is 46.3 Å². The molecule has 1 aromatic carbocycles. The molecule has 0 unspecified atom stereocenters. The highest BCUT2D eigenvalue weighted by Crippen LogP contribution is 2.27. The minimum absolute atomic E-state index is 0.00758. The smallest absolute Gasteiger partial charge is 0.251 e. The van der Waals surface area contributed by atoms with E-state index in [1.807, 2.05) is 0 Å². The fourth-order valence-electron chi connectivity index (χ4n) is 2.18. The second-order valence-corrected chi connectivity index (χ2v) is 7.26. The zero-order chi connectivity index (χ0) is 20.3. The van der Waals surface area contributed by atoms with Gasteiger partial charge in [0.25, 0.3) is 5.91 Å². The summed E-state index contributed by atoms with van der Waals surface area (Å²) in [6.45, 7) is 4.38. The van der Waals surface area contributed by atoms with Crippen LogP contribution in [0.5, 0.6) is 11.5 Å². The van der Waals surface area contributed by atoms with Crippen LogP contribution in [-0.2, 0) is 19.5 Å². The van der Waals surface area contributed by atoms with Crippen LogP contribution in [0.15, 0.2) is 18.2 Å². The Morgan fingerprint density at radius 1 is 1.07 bits per heavy atom. The third-order valence-electron chi connectivity index (χ3n) is 3.48. The Balaban J connectivity index is 2.52. The highest BCUT2D eigenvalue weighted by Gasteiger charge is 2.16. The van der Waals surface area contributed by atoms with Gasteiger partial charge in [-0.15, -0.1) is 0 Å². The van der Waals surface area contributed by atoms with Crippen molar-refractivity contribution in [3.8, 4) is 11.5 Å². The lowest BCUT2D eigenvalue weighted by Crippen LogP contribution is -2.39. The number of benzene rings is 1. The van der Waals surface area contributed by atoms with E-state index in [0.29, 0.717) is 30.3 Å². The van der Waals surface area contributed by atoms with Crippen LogP contribution in [0.4, 0.5) is 0 Å². The van der Waals surface area contributed by atoms with Crippen LogP contribution in [-0.4, -0.2) is 66.9 Å². The quantitative estimate of drug-likeness (QED) is 0.467. The van der Waals surface area contributed by atoms with Crippen LogP contribution >= 0.6 is 0 Å². The number of hydrogen-bond donors (Lipinski definition) is 2. The topological polar surface area (TPSA) is 112 Å². The highest BCUT2D eigenvalue weighted by molar-refractivity contribution is 7.89. The molecule has 10 heteroatoms. The molecule has 27 heavy (non-hydrogen) atoms. The minimum atomic E-state index is -3.58. The summed E-state index contributed by atoms with van der Waals surface area (Å²) < 4.78 is 47.3. The first-order valence-electron chi connectivity index (χ1n) is 8.57. The molecule has 1 aromatic rings. The summed E-state index contributed by atoms with van der Waals surface area (Å²) in [6.07, 6.45) is -0.642. The van der Waals surface area contributed by atoms with Gasteiger partial charge >= 0.3 is 0 Å². The molecule has 1 amide bonds. The Morgan fingerprint density at radius 3 is 2.26 bits per heavy atom. The number of rotatable bonds is 13. The molecule has 0 atom stereocenters.